The molecule has 0 aromatic heterocycles. The van der Waals surface area contributed by atoms with Crippen molar-refractivity contribution in [3.63, 3.8) is 0 Å². The Morgan fingerprint density at radius 1 is 1.35 bits per heavy atom. The van der Waals surface area contributed by atoms with Crippen LogP contribution in [0.5, 0.6) is 0 Å². The monoisotopic (exact) mass is 298 g/mol. The summed E-state index contributed by atoms with van der Waals surface area (Å²) < 4.78 is 0.281. The van der Waals surface area contributed by atoms with Crippen LogP contribution in [0.4, 0.5) is 0 Å². The summed E-state index contributed by atoms with van der Waals surface area (Å²) >= 11 is 2.05. The van der Waals surface area contributed by atoms with Gasteiger partial charge in [-0.1, -0.05) is 33.1 Å². The number of amides is 1. The van der Waals surface area contributed by atoms with Gasteiger partial charge >= 0.3 is 0 Å². The van der Waals surface area contributed by atoms with Gasteiger partial charge in [0, 0.05) is 11.3 Å². The van der Waals surface area contributed by atoms with Crippen LogP contribution in [0.2, 0.25) is 0 Å². The first-order chi connectivity index (χ1) is 9.59. The summed E-state index contributed by atoms with van der Waals surface area (Å²) in [6, 6.07) is 0.0708. The van der Waals surface area contributed by atoms with E-state index in [-0.39, 0.29) is 17.0 Å². The number of hydrogen-bond donors (Lipinski definition) is 1. The molecule has 4 heteroatoms. The minimum Gasteiger partial charge on any atom is -0.324 e. The maximum atomic E-state index is 12.7. The molecule has 3 nitrogen and oxygen atoms in total. The Labute approximate surface area is 128 Å². The smallest absolute Gasteiger partial charge is 0.241 e. The van der Waals surface area contributed by atoms with Crippen molar-refractivity contribution in [2.45, 2.75) is 82.7 Å². The Morgan fingerprint density at radius 2 is 2.15 bits per heavy atom. The Bertz CT molecular complexity index is 328. The van der Waals surface area contributed by atoms with Gasteiger partial charge in [0.2, 0.25) is 5.91 Å². The zero-order chi connectivity index (χ0) is 14.6. The van der Waals surface area contributed by atoms with Gasteiger partial charge in [0.1, 0.15) is 0 Å². The summed E-state index contributed by atoms with van der Waals surface area (Å²) in [6.45, 7) is 7.66. The van der Waals surface area contributed by atoms with E-state index in [9.17, 15) is 4.79 Å². The highest BCUT2D eigenvalue weighted by Gasteiger charge is 2.42. The summed E-state index contributed by atoms with van der Waals surface area (Å²) in [4.78, 5) is 14.8. The molecule has 2 aliphatic rings. The van der Waals surface area contributed by atoms with E-state index in [0.717, 1.165) is 38.6 Å². The highest BCUT2D eigenvalue weighted by molar-refractivity contribution is 8.00. The minimum absolute atomic E-state index is 0.0708. The fourth-order valence-electron chi connectivity index (χ4n) is 3.38. The number of thioether (sulfide) groups is 1. The van der Waals surface area contributed by atoms with E-state index in [4.69, 9.17) is 0 Å². The van der Waals surface area contributed by atoms with Gasteiger partial charge in [-0.2, -0.15) is 11.8 Å². The Balaban J connectivity index is 2.01. The average Bonchev–Trinajstić information content (AvgIpc) is 2.96. The lowest BCUT2D eigenvalue weighted by Gasteiger charge is -2.32. The summed E-state index contributed by atoms with van der Waals surface area (Å²) in [5.41, 5.74) is 0. The molecule has 0 bridgehead atoms. The summed E-state index contributed by atoms with van der Waals surface area (Å²) in [7, 11) is 0. The first-order valence-corrected chi connectivity index (χ1v) is 9.28. The molecule has 2 heterocycles. The quantitative estimate of drug-likeness (QED) is 0.782. The number of hydrogen-bond acceptors (Lipinski definition) is 3. The van der Waals surface area contributed by atoms with Gasteiger partial charge in [-0.3, -0.25) is 10.1 Å². The minimum atomic E-state index is 0.0708. The molecule has 2 fully saturated rings. The van der Waals surface area contributed by atoms with E-state index >= 15 is 0 Å². The van der Waals surface area contributed by atoms with Crippen LogP contribution in [0.3, 0.4) is 0 Å². The van der Waals surface area contributed by atoms with Crippen LogP contribution in [0.1, 0.15) is 65.7 Å². The molecule has 2 rings (SSSR count). The second-order valence-electron chi connectivity index (χ2n) is 6.53. The maximum Gasteiger partial charge on any atom is 0.241 e. The van der Waals surface area contributed by atoms with Crippen molar-refractivity contribution < 1.29 is 4.79 Å². The first kappa shape index (κ1) is 16.2. The van der Waals surface area contributed by atoms with Crippen molar-refractivity contribution in [1.82, 2.24) is 10.2 Å². The van der Waals surface area contributed by atoms with Crippen LogP contribution < -0.4 is 5.32 Å². The molecule has 0 radical (unpaired) electrons. The van der Waals surface area contributed by atoms with E-state index in [2.05, 4.69) is 42.7 Å². The first-order valence-electron chi connectivity index (χ1n) is 8.30. The normalized spacial score (nSPS) is 34.1. The second kappa shape index (κ2) is 7.17. The lowest BCUT2D eigenvalue weighted by atomic mass is 10.0. The number of nitrogens with one attached hydrogen (secondary N) is 1. The highest BCUT2D eigenvalue weighted by Crippen LogP contribution is 2.39. The molecule has 0 aromatic rings. The molecular formula is C16H30N2OS. The Kier molecular flexibility index (Phi) is 5.79. The Hall–Kier alpha value is -0.220. The van der Waals surface area contributed by atoms with Crippen molar-refractivity contribution in [1.29, 1.82) is 0 Å². The van der Waals surface area contributed by atoms with E-state index in [0.29, 0.717) is 5.91 Å². The fourth-order valence-corrected chi connectivity index (χ4v) is 4.69. The molecule has 0 aliphatic carbocycles. The fraction of sp³-hybridized carbons (Fsp3) is 0.938. The Morgan fingerprint density at radius 3 is 2.75 bits per heavy atom. The van der Waals surface area contributed by atoms with Crippen LogP contribution >= 0.6 is 11.8 Å². The summed E-state index contributed by atoms with van der Waals surface area (Å²) in [6.07, 6.45) is 8.33. The zero-order valence-corrected chi connectivity index (χ0v) is 14.1. The van der Waals surface area contributed by atoms with Crippen molar-refractivity contribution in [2.75, 3.05) is 12.3 Å². The standard InChI is InChI=1S/C16H30N2OS/c1-4-6-9-13-15(19)18(14(17-13)8-5-2)12-16(3)10-7-11-20-16/h13-14,17H,4-12H2,1-3H3. The van der Waals surface area contributed by atoms with E-state index in [1.807, 2.05) is 0 Å². The molecule has 0 saturated carbocycles. The van der Waals surface area contributed by atoms with Crippen molar-refractivity contribution in [2.24, 2.45) is 0 Å². The third-order valence-electron chi connectivity index (χ3n) is 4.56. The molecule has 0 aromatic carbocycles. The highest BCUT2D eigenvalue weighted by atomic mass is 32.2. The number of carbonyl (C=O) groups excluding carboxylic acids is 1. The third kappa shape index (κ3) is 3.70. The number of rotatable bonds is 7. The number of unbranched alkanes of at least 4 members (excludes halogenated alkanes) is 1. The predicted molar refractivity (Wildman–Crippen MR) is 87.0 cm³/mol. The maximum absolute atomic E-state index is 12.7. The molecule has 3 atom stereocenters. The lowest BCUT2D eigenvalue weighted by Crippen LogP contribution is -2.44. The van der Waals surface area contributed by atoms with Gasteiger partial charge in [0.25, 0.3) is 0 Å². The molecule has 3 unspecified atom stereocenters. The second-order valence-corrected chi connectivity index (χ2v) is 8.22. The largest absolute Gasteiger partial charge is 0.324 e. The van der Waals surface area contributed by atoms with E-state index in [1.165, 1.54) is 18.6 Å². The molecule has 0 spiro atoms. The van der Waals surface area contributed by atoms with Gasteiger partial charge in [0.05, 0.1) is 12.2 Å². The summed E-state index contributed by atoms with van der Waals surface area (Å²) in [5.74, 6) is 1.61. The third-order valence-corrected chi connectivity index (χ3v) is 6.09. The molecular weight excluding hydrogens is 268 g/mol. The SMILES string of the molecule is CCCCC1NC(CCC)N(CC2(C)CCCS2)C1=O. The van der Waals surface area contributed by atoms with Crippen LogP contribution in [-0.2, 0) is 4.79 Å². The van der Waals surface area contributed by atoms with Crippen LogP contribution in [-0.4, -0.2) is 40.1 Å². The molecule has 2 aliphatic heterocycles. The molecule has 1 amide bonds. The van der Waals surface area contributed by atoms with Crippen LogP contribution in [0.25, 0.3) is 0 Å². The van der Waals surface area contributed by atoms with Crippen molar-refractivity contribution in [3.05, 3.63) is 0 Å². The van der Waals surface area contributed by atoms with Gasteiger partial charge < -0.3 is 4.90 Å². The lowest BCUT2D eigenvalue weighted by molar-refractivity contribution is -0.130. The van der Waals surface area contributed by atoms with Gasteiger partial charge in [0.15, 0.2) is 0 Å². The van der Waals surface area contributed by atoms with E-state index in [1.54, 1.807) is 0 Å². The van der Waals surface area contributed by atoms with Crippen molar-refractivity contribution in [3.8, 4) is 0 Å². The molecule has 116 valence electrons. The predicted octanol–water partition coefficient (Wildman–Crippen LogP) is 3.39. The number of nitrogens with zero attached hydrogens (tertiary/aromatic N) is 1. The average molecular weight is 298 g/mol. The summed E-state index contributed by atoms with van der Waals surface area (Å²) in [5, 5.41) is 3.58. The van der Waals surface area contributed by atoms with E-state index < -0.39 is 0 Å². The number of carbonyl (C=O) groups is 1. The topological polar surface area (TPSA) is 32.3 Å². The van der Waals surface area contributed by atoms with Gasteiger partial charge in [-0.25, -0.2) is 0 Å². The zero-order valence-electron chi connectivity index (χ0n) is 13.3. The molecule has 2 saturated heterocycles. The van der Waals surface area contributed by atoms with Crippen LogP contribution in [0.15, 0.2) is 0 Å². The van der Waals surface area contributed by atoms with Gasteiger partial charge in [-0.05, 0) is 38.4 Å². The van der Waals surface area contributed by atoms with Gasteiger partial charge in [-0.15, -0.1) is 0 Å². The van der Waals surface area contributed by atoms with Crippen LogP contribution in [0, 0.1) is 0 Å². The molecule has 20 heavy (non-hydrogen) atoms. The molecule has 1 N–H and O–H groups in total. The van der Waals surface area contributed by atoms with Crippen molar-refractivity contribution >= 4 is 17.7 Å².